The summed E-state index contributed by atoms with van der Waals surface area (Å²) in [6, 6.07) is 0. The molecule has 1 aliphatic rings. The molecule has 0 saturated carbocycles. The van der Waals surface area contributed by atoms with Crippen molar-refractivity contribution < 1.29 is 0 Å². The average molecular weight is 138 g/mol. The van der Waals surface area contributed by atoms with E-state index in [2.05, 4.69) is 26.8 Å². The van der Waals surface area contributed by atoms with Crippen molar-refractivity contribution in [3.05, 3.63) is 11.6 Å². The maximum Gasteiger partial charge on any atom is -0.0292 e. The second-order valence-electron chi connectivity index (χ2n) is 3.84. The summed E-state index contributed by atoms with van der Waals surface area (Å²) in [5.74, 6) is 1.84. The summed E-state index contributed by atoms with van der Waals surface area (Å²) in [7, 11) is 0. The molecule has 0 bridgehead atoms. The van der Waals surface area contributed by atoms with Crippen LogP contribution in [-0.2, 0) is 0 Å². The van der Waals surface area contributed by atoms with E-state index in [4.69, 9.17) is 0 Å². The van der Waals surface area contributed by atoms with E-state index in [-0.39, 0.29) is 0 Å². The van der Waals surface area contributed by atoms with E-state index in [1.165, 1.54) is 19.3 Å². The zero-order valence-electron chi connectivity index (χ0n) is 7.35. The summed E-state index contributed by atoms with van der Waals surface area (Å²) < 4.78 is 0. The molecule has 0 aromatic heterocycles. The minimum Gasteiger partial charge on any atom is -0.0856 e. The lowest BCUT2D eigenvalue weighted by atomic mass is 9.82. The molecule has 0 aliphatic heterocycles. The van der Waals surface area contributed by atoms with Gasteiger partial charge in [-0.3, -0.25) is 0 Å². The van der Waals surface area contributed by atoms with Crippen molar-refractivity contribution in [2.75, 3.05) is 0 Å². The zero-order valence-corrected chi connectivity index (χ0v) is 7.35. The fourth-order valence-electron chi connectivity index (χ4n) is 1.71. The molecular weight excluding hydrogens is 120 g/mol. The van der Waals surface area contributed by atoms with E-state index in [1.54, 1.807) is 5.57 Å². The van der Waals surface area contributed by atoms with Gasteiger partial charge in [0.25, 0.3) is 0 Å². The molecule has 1 rings (SSSR count). The molecule has 0 aromatic carbocycles. The van der Waals surface area contributed by atoms with Crippen LogP contribution in [0.15, 0.2) is 11.6 Å². The first-order valence-electron chi connectivity index (χ1n) is 4.36. The third kappa shape index (κ3) is 1.86. The average Bonchev–Trinajstić information content (AvgIpc) is 1.88. The van der Waals surface area contributed by atoms with Crippen LogP contribution in [0.25, 0.3) is 0 Å². The maximum atomic E-state index is 2.39. The Hall–Kier alpha value is -0.260. The van der Waals surface area contributed by atoms with Gasteiger partial charge < -0.3 is 0 Å². The summed E-state index contributed by atoms with van der Waals surface area (Å²) in [4.78, 5) is 0. The second kappa shape index (κ2) is 3.23. The Morgan fingerprint density at radius 2 is 2.20 bits per heavy atom. The van der Waals surface area contributed by atoms with Crippen LogP contribution >= 0.6 is 0 Å². The third-order valence-corrected chi connectivity index (χ3v) is 2.56. The van der Waals surface area contributed by atoms with E-state index in [1.807, 2.05) is 0 Å². The van der Waals surface area contributed by atoms with Crippen LogP contribution in [0.5, 0.6) is 0 Å². The van der Waals surface area contributed by atoms with Crippen molar-refractivity contribution in [2.45, 2.75) is 40.0 Å². The monoisotopic (exact) mass is 138 g/mol. The van der Waals surface area contributed by atoms with E-state index in [0.29, 0.717) is 0 Å². The molecule has 0 aromatic rings. The second-order valence-corrected chi connectivity index (χ2v) is 3.84. The van der Waals surface area contributed by atoms with Gasteiger partial charge >= 0.3 is 0 Å². The van der Waals surface area contributed by atoms with Gasteiger partial charge in [-0.05, 0) is 38.0 Å². The van der Waals surface area contributed by atoms with Crippen molar-refractivity contribution in [1.82, 2.24) is 0 Å². The minimum atomic E-state index is 0.878. The quantitative estimate of drug-likeness (QED) is 0.487. The Morgan fingerprint density at radius 1 is 1.50 bits per heavy atom. The van der Waals surface area contributed by atoms with Gasteiger partial charge in [-0.15, -0.1) is 0 Å². The van der Waals surface area contributed by atoms with Crippen molar-refractivity contribution in [1.29, 1.82) is 0 Å². The molecule has 58 valence electrons. The van der Waals surface area contributed by atoms with Crippen molar-refractivity contribution >= 4 is 0 Å². The van der Waals surface area contributed by atoms with Gasteiger partial charge in [-0.2, -0.15) is 0 Å². The lowest BCUT2D eigenvalue weighted by Crippen LogP contribution is -2.11. The number of hydrogen-bond acceptors (Lipinski definition) is 0. The molecule has 0 nitrogen and oxygen atoms in total. The van der Waals surface area contributed by atoms with Crippen LogP contribution in [-0.4, -0.2) is 0 Å². The van der Waals surface area contributed by atoms with Gasteiger partial charge in [-0.1, -0.05) is 25.5 Å². The summed E-state index contributed by atoms with van der Waals surface area (Å²) >= 11 is 0. The van der Waals surface area contributed by atoms with Gasteiger partial charge in [-0.25, -0.2) is 0 Å². The predicted molar refractivity (Wildman–Crippen MR) is 45.9 cm³/mol. The molecule has 0 heteroatoms. The van der Waals surface area contributed by atoms with E-state index in [9.17, 15) is 0 Å². The van der Waals surface area contributed by atoms with Gasteiger partial charge in [0.2, 0.25) is 0 Å². The zero-order chi connectivity index (χ0) is 7.56. The van der Waals surface area contributed by atoms with Crippen molar-refractivity contribution in [2.24, 2.45) is 11.8 Å². The molecule has 10 heavy (non-hydrogen) atoms. The predicted octanol–water partition coefficient (Wildman–Crippen LogP) is 3.39. The highest BCUT2D eigenvalue weighted by molar-refractivity contribution is 5.03. The van der Waals surface area contributed by atoms with Gasteiger partial charge in [0, 0.05) is 0 Å². The van der Waals surface area contributed by atoms with Crippen LogP contribution in [0, 0.1) is 11.8 Å². The smallest absolute Gasteiger partial charge is 0.0292 e. The SMILES string of the molecule is CC1=CCC[C@H](C(C)C)C1. The molecule has 0 heterocycles. The molecule has 0 saturated heterocycles. The highest BCUT2D eigenvalue weighted by Crippen LogP contribution is 2.29. The minimum absolute atomic E-state index is 0.878. The molecule has 1 atom stereocenters. The highest BCUT2D eigenvalue weighted by atomic mass is 14.2. The highest BCUT2D eigenvalue weighted by Gasteiger charge is 2.15. The Labute approximate surface area is 64.3 Å². The van der Waals surface area contributed by atoms with Crippen LogP contribution in [0.3, 0.4) is 0 Å². The third-order valence-electron chi connectivity index (χ3n) is 2.56. The molecule has 0 spiro atoms. The number of allylic oxidation sites excluding steroid dienone is 2. The number of rotatable bonds is 1. The fraction of sp³-hybridized carbons (Fsp3) is 0.800. The summed E-state index contributed by atoms with van der Waals surface area (Å²) in [6.07, 6.45) is 6.46. The molecule has 0 fully saturated rings. The molecule has 0 amide bonds. The van der Waals surface area contributed by atoms with E-state index >= 15 is 0 Å². The van der Waals surface area contributed by atoms with Crippen LogP contribution in [0.2, 0.25) is 0 Å². The molecule has 0 radical (unpaired) electrons. The van der Waals surface area contributed by atoms with E-state index in [0.717, 1.165) is 11.8 Å². The lowest BCUT2D eigenvalue weighted by Gasteiger charge is -2.24. The molecule has 1 aliphatic carbocycles. The summed E-state index contributed by atoms with van der Waals surface area (Å²) in [6.45, 7) is 6.93. The van der Waals surface area contributed by atoms with Crippen molar-refractivity contribution in [3.8, 4) is 0 Å². The summed E-state index contributed by atoms with van der Waals surface area (Å²) in [5.41, 5.74) is 1.60. The Morgan fingerprint density at radius 3 is 2.60 bits per heavy atom. The maximum absolute atomic E-state index is 2.39. The lowest BCUT2D eigenvalue weighted by molar-refractivity contribution is 0.347. The van der Waals surface area contributed by atoms with Crippen LogP contribution < -0.4 is 0 Å². The topological polar surface area (TPSA) is 0 Å². The first-order valence-corrected chi connectivity index (χ1v) is 4.36. The first-order chi connectivity index (χ1) is 4.70. The van der Waals surface area contributed by atoms with Gasteiger partial charge in [0.05, 0.1) is 0 Å². The Kier molecular flexibility index (Phi) is 2.53. The Balaban J connectivity index is 2.45. The van der Waals surface area contributed by atoms with Crippen LogP contribution in [0.4, 0.5) is 0 Å². The first kappa shape index (κ1) is 7.84. The summed E-state index contributed by atoms with van der Waals surface area (Å²) in [5, 5.41) is 0. The molecule has 0 N–H and O–H groups in total. The number of hydrogen-bond donors (Lipinski definition) is 0. The fourth-order valence-corrected chi connectivity index (χ4v) is 1.71. The van der Waals surface area contributed by atoms with Gasteiger partial charge in [0.1, 0.15) is 0 Å². The van der Waals surface area contributed by atoms with Gasteiger partial charge in [0.15, 0.2) is 0 Å². The van der Waals surface area contributed by atoms with Crippen molar-refractivity contribution in [3.63, 3.8) is 0 Å². The largest absolute Gasteiger partial charge is 0.0856 e. The molecular formula is C10H18. The van der Waals surface area contributed by atoms with E-state index < -0.39 is 0 Å². The normalized spacial score (nSPS) is 26.8. The molecule has 0 unspecified atom stereocenters. The standard InChI is InChI=1S/C10H18/c1-8(2)10-6-4-5-9(3)7-10/h5,8,10H,4,6-7H2,1-3H3/t10-/m0/s1. The van der Waals surface area contributed by atoms with Crippen LogP contribution in [0.1, 0.15) is 40.0 Å². The Bertz CT molecular complexity index is 131.